The van der Waals surface area contributed by atoms with Crippen LogP contribution in [-0.4, -0.2) is 18.4 Å². The van der Waals surface area contributed by atoms with Crippen molar-refractivity contribution in [2.24, 2.45) is 0 Å². The van der Waals surface area contributed by atoms with Crippen LogP contribution < -0.4 is 4.74 Å². The predicted molar refractivity (Wildman–Crippen MR) is 63.7 cm³/mol. The lowest BCUT2D eigenvalue weighted by atomic mass is 10.1. The van der Waals surface area contributed by atoms with Crippen molar-refractivity contribution in [1.82, 2.24) is 4.98 Å². The van der Waals surface area contributed by atoms with Crippen LogP contribution in [-0.2, 0) is 0 Å². The summed E-state index contributed by atoms with van der Waals surface area (Å²) in [6.07, 6.45) is 0.693. The van der Waals surface area contributed by atoms with E-state index in [-0.39, 0.29) is 0 Å². The fourth-order valence-electron chi connectivity index (χ4n) is 1.54. The van der Waals surface area contributed by atoms with Crippen molar-refractivity contribution in [3.05, 3.63) is 33.9 Å². The van der Waals surface area contributed by atoms with Crippen LogP contribution in [0.3, 0.4) is 0 Å². The highest BCUT2D eigenvalue weighted by atomic mass is 35.5. The number of hydrogen-bond acceptors (Lipinski definition) is 3. The summed E-state index contributed by atoms with van der Waals surface area (Å²) in [5, 5.41) is 1.39. The molecule has 1 aromatic carbocycles. The van der Waals surface area contributed by atoms with Crippen molar-refractivity contribution in [3.8, 4) is 5.75 Å². The maximum absolute atomic E-state index is 10.9. The second kappa shape index (κ2) is 4.28. The van der Waals surface area contributed by atoms with E-state index >= 15 is 0 Å². The molecule has 1 aromatic heterocycles. The molecule has 0 bridgehead atoms. The van der Waals surface area contributed by atoms with Crippen LogP contribution in [0.15, 0.2) is 18.2 Å². The third-order valence-corrected chi connectivity index (χ3v) is 2.71. The first-order valence-electron chi connectivity index (χ1n) is 4.45. The number of ether oxygens (including phenoxy) is 1. The lowest BCUT2D eigenvalue weighted by molar-refractivity contribution is 0.112. The van der Waals surface area contributed by atoms with Gasteiger partial charge in [0.05, 0.1) is 23.2 Å². The number of benzene rings is 1. The van der Waals surface area contributed by atoms with Crippen LogP contribution in [0.1, 0.15) is 10.4 Å². The Hall–Kier alpha value is -1.32. The zero-order valence-corrected chi connectivity index (χ0v) is 9.84. The predicted octanol–water partition coefficient (Wildman–Crippen LogP) is 3.36. The van der Waals surface area contributed by atoms with Crippen molar-refractivity contribution < 1.29 is 9.53 Å². The number of aromatic nitrogens is 1. The Morgan fingerprint density at radius 2 is 2.12 bits per heavy atom. The fourth-order valence-corrected chi connectivity index (χ4v) is 1.95. The smallest absolute Gasteiger partial charge is 0.153 e. The summed E-state index contributed by atoms with van der Waals surface area (Å²) in [4.78, 5) is 15.0. The minimum atomic E-state index is 0.343. The Labute approximate surface area is 102 Å². The van der Waals surface area contributed by atoms with Crippen molar-refractivity contribution in [2.75, 3.05) is 7.11 Å². The molecule has 0 saturated carbocycles. The van der Waals surface area contributed by atoms with E-state index in [9.17, 15) is 4.79 Å². The molecule has 16 heavy (non-hydrogen) atoms. The Morgan fingerprint density at radius 3 is 2.75 bits per heavy atom. The molecular formula is C11H7Cl2NO2. The topological polar surface area (TPSA) is 39.2 Å². The standard InChI is InChI=1S/C11H7Cl2NO2/c1-16-11-6(5-15)4-8(12)10-7(11)2-3-9(13)14-10/h2-5H,1H3. The van der Waals surface area contributed by atoms with Gasteiger partial charge in [-0.1, -0.05) is 23.2 Å². The lowest BCUT2D eigenvalue weighted by Gasteiger charge is -2.09. The SMILES string of the molecule is COc1c(C=O)cc(Cl)c2nc(Cl)ccc12. The second-order valence-electron chi connectivity index (χ2n) is 3.13. The Balaban J connectivity index is 2.91. The van der Waals surface area contributed by atoms with E-state index in [1.54, 1.807) is 12.1 Å². The van der Waals surface area contributed by atoms with E-state index in [1.807, 2.05) is 0 Å². The first-order chi connectivity index (χ1) is 7.67. The van der Waals surface area contributed by atoms with Gasteiger partial charge in [-0.15, -0.1) is 0 Å². The molecule has 0 fully saturated rings. The number of halogens is 2. The third kappa shape index (κ3) is 1.72. The quantitative estimate of drug-likeness (QED) is 0.610. The van der Waals surface area contributed by atoms with Crippen LogP contribution in [0.4, 0.5) is 0 Å². The molecule has 0 aliphatic heterocycles. The van der Waals surface area contributed by atoms with E-state index in [2.05, 4.69) is 4.98 Å². The molecule has 0 spiro atoms. The van der Waals surface area contributed by atoms with Gasteiger partial charge in [0.1, 0.15) is 10.9 Å². The zero-order valence-electron chi connectivity index (χ0n) is 8.33. The molecule has 0 saturated heterocycles. The van der Waals surface area contributed by atoms with E-state index in [0.29, 0.717) is 38.7 Å². The summed E-state index contributed by atoms with van der Waals surface area (Å²) in [6.45, 7) is 0. The van der Waals surface area contributed by atoms with E-state index in [4.69, 9.17) is 27.9 Å². The molecule has 82 valence electrons. The minimum absolute atomic E-state index is 0.343. The molecule has 0 radical (unpaired) electrons. The second-order valence-corrected chi connectivity index (χ2v) is 3.92. The number of carbonyl (C=O) groups is 1. The van der Waals surface area contributed by atoms with Gasteiger partial charge in [0.25, 0.3) is 0 Å². The van der Waals surface area contributed by atoms with Crippen molar-refractivity contribution >= 4 is 40.4 Å². The average molecular weight is 256 g/mol. The summed E-state index contributed by atoms with van der Waals surface area (Å²) in [7, 11) is 1.49. The fraction of sp³-hybridized carbons (Fsp3) is 0.0909. The molecule has 3 nitrogen and oxygen atoms in total. The molecule has 0 atom stereocenters. The number of hydrogen-bond donors (Lipinski definition) is 0. The average Bonchev–Trinajstić information content (AvgIpc) is 2.29. The highest BCUT2D eigenvalue weighted by Crippen LogP contribution is 2.33. The van der Waals surface area contributed by atoms with Gasteiger partial charge in [-0.3, -0.25) is 4.79 Å². The van der Waals surface area contributed by atoms with E-state index in [1.165, 1.54) is 13.2 Å². The number of pyridine rings is 1. The summed E-state index contributed by atoms with van der Waals surface area (Å²) < 4.78 is 5.17. The maximum atomic E-state index is 10.9. The van der Waals surface area contributed by atoms with Gasteiger partial charge in [-0.05, 0) is 18.2 Å². The van der Waals surface area contributed by atoms with Crippen LogP contribution in [0, 0.1) is 0 Å². The first kappa shape index (κ1) is 11.2. The lowest BCUT2D eigenvalue weighted by Crippen LogP contribution is -1.94. The molecule has 0 N–H and O–H groups in total. The molecular weight excluding hydrogens is 249 g/mol. The first-order valence-corrected chi connectivity index (χ1v) is 5.21. The number of carbonyl (C=O) groups excluding carboxylic acids is 1. The Morgan fingerprint density at radius 1 is 1.38 bits per heavy atom. The summed E-state index contributed by atoms with van der Waals surface area (Å²) in [5.74, 6) is 0.457. The van der Waals surface area contributed by atoms with Gasteiger partial charge in [0.15, 0.2) is 6.29 Å². The van der Waals surface area contributed by atoms with Gasteiger partial charge >= 0.3 is 0 Å². The number of rotatable bonds is 2. The number of aldehydes is 1. The Kier molecular flexibility index (Phi) is 2.99. The molecule has 1 heterocycles. The molecule has 2 rings (SSSR count). The van der Waals surface area contributed by atoms with Crippen molar-refractivity contribution in [2.45, 2.75) is 0 Å². The van der Waals surface area contributed by atoms with Gasteiger partial charge < -0.3 is 4.74 Å². The maximum Gasteiger partial charge on any atom is 0.153 e. The highest BCUT2D eigenvalue weighted by Gasteiger charge is 2.12. The summed E-state index contributed by atoms with van der Waals surface area (Å²) in [6, 6.07) is 4.86. The summed E-state index contributed by atoms with van der Waals surface area (Å²) in [5.41, 5.74) is 0.917. The largest absolute Gasteiger partial charge is 0.495 e. The third-order valence-electron chi connectivity index (χ3n) is 2.21. The molecule has 0 amide bonds. The number of nitrogens with zero attached hydrogens (tertiary/aromatic N) is 1. The van der Waals surface area contributed by atoms with Gasteiger partial charge in [-0.25, -0.2) is 4.98 Å². The van der Waals surface area contributed by atoms with E-state index < -0.39 is 0 Å². The summed E-state index contributed by atoms with van der Waals surface area (Å²) >= 11 is 11.8. The van der Waals surface area contributed by atoms with Crippen LogP contribution in [0.25, 0.3) is 10.9 Å². The van der Waals surface area contributed by atoms with Crippen molar-refractivity contribution in [3.63, 3.8) is 0 Å². The van der Waals surface area contributed by atoms with Gasteiger partial charge in [0.2, 0.25) is 0 Å². The molecule has 0 unspecified atom stereocenters. The molecule has 5 heteroatoms. The number of fused-ring (bicyclic) bond motifs is 1. The normalized spacial score (nSPS) is 10.4. The molecule has 2 aromatic rings. The molecule has 0 aliphatic rings. The zero-order chi connectivity index (χ0) is 11.7. The number of methoxy groups -OCH3 is 1. The van der Waals surface area contributed by atoms with Crippen molar-refractivity contribution in [1.29, 1.82) is 0 Å². The Bertz CT molecular complexity index is 569. The van der Waals surface area contributed by atoms with Crippen LogP contribution in [0.2, 0.25) is 10.2 Å². The van der Waals surface area contributed by atoms with Gasteiger partial charge in [-0.2, -0.15) is 0 Å². The van der Waals surface area contributed by atoms with Crippen LogP contribution in [0.5, 0.6) is 5.75 Å². The monoisotopic (exact) mass is 255 g/mol. The minimum Gasteiger partial charge on any atom is -0.495 e. The highest BCUT2D eigenvalue weighted by molar-refractivity contribution is 6.36. The van der Waals surface area contributed by atoms with E-state index in [0.717, 1.165) is 0 Å². The molecule has 0 aliphatic carbocycles. The van der Waals surface area contributed by atoms with Gasteiger partial charge in [0, 0.05) is 5.39 Å². The van der Waals surface area contributed by atoms with Crippen LogP contribution >= 0.6 is 23.2 Å².